The molecule has 0 aromatic carbocycles. The van der Waals surface area contributed by atoms with Crippen LogP contribution < -0.4 is 11.4 Å². The van der Waals surface area contributed by atoms with E-state index in [4.69, 9.17) is 5.73 Å². The van der Waals surface area contributed by atoms with Gasteiger partial charge in [0.25, 0.3) is 0 Å². The molecule has 0 saturated carbocycles. The van der Waals surface area contributed by atoms with Crippen LogP contribution >= 0.6 is 0 Å². The Morgan fingerprint density at radius 1 is 1.22 bits per heavy atom. The molecular formula is C10H9N7O. The fraction of sp³-hybridized carbons (Fsp3) is 0.100. The molecule has 3 heterocycles. The second-order valence-corrected chi connectivity index (χ2v) is 3.68. The van der Waals surface area contributed by atoms with Gasteiger partial charge in [-0.2, -0.15) is 0 Å². The molecule has 3 aromatic heterocycles. The normalized spacial score (nSPS) is 10.9. The summed E-state index contributed by atoms with van der Waals surface area (Å²) in [5.41, 5.74) is 6.30. The zero-order valence-electron chi connectivity index (χ0n) is 9.26. The molecule has 0 radical (unpaired) electrons. The van der Waals surface area contributed by atoms with Crippen LogP contribution in [0, 0.1) is 0 Å². The zero-order valence-corrected chi connectivity index (χ0v) is 9.26. The summed E-state index contributed by atoms with van der Waals surface area (Å²) in [7, 11) is 0. The maximum Gasteiger partial charge on any atom is 0.350 e. The van der Waals surface area contributed by atoms with Crippen molar-refractivity contribution in [1.82, 2.24) is 29.1 Å². The lowest BCUT2D eigenvalue weighted by Gasteiger charge is -1.98. The van der Waals surface area contributed by atoms with Gasteiger partial charge in [-0.3, -0.25) is 9.97 Å². The van der Waals surface area contributed by atoms with Gasteiger partial charge >= 0.3 is 5.69 Å². The van der Waals surface area contributed by atoms with E-state index in [1.165, 1.54) is 33.9 Å². The van der Waals surface area contributed by atoms with Crippen LogP contribution in [0.3, 0.4) is 0 Å². The van der Waals surface area contributed by atoms with Gasteiger partial charge in [-0.05, 0) is 0 Å². The summed E-state index contributed by atoms with van der Waals surface area (Å²) in [4.78, 5) is 23.9. The van der Waals surface area contributed by atoms with E-state index in [2.05, 4.69) is 20.1 Å². The number of rotatable bonds is 2. The number of nitrogens with zero attached hydrogens (tertiary/aromatic N) is 6. The van der Waals surface area contributed by atoms with Crippen molar-refractivity contribution >= 4 is 11.5 Å². The predicted octanol–water partition coefficient (Wildman–Crippen LogP) is -0.689. The average Bonchev–Trinajstić information content (AvgIpc) is 2.70. The minimum atomic E-state index is -0.244. The average molecular weight is 243 g/mol. The molecule has 3 aromatic rings. The molecule has 0 spiro atoms. The summed E-state index contributed by atoms with van der Waals surface area (Å²) in [6.07, 6.45) is 7.58. The van der Waals surface area contributed by atoms with Gasteiger partial charge in [0, 0.05) is 12.4 Å². The number of fused-ring (bicyclic) bond motifs is 1. The molecular weight excluding hydrogens is 234 g/mol. The fourth-order valence-electron chi connectivity index (χ4n) is 1.58. The van der Waals surface area contributed by atoms with E-state index in [1.807, 2.05) is 0 Å². The number of anilines is 1. The smallest absolute Gasteiger partial charge is 0.350 e. The molecule has 90 valence electrons. The molecule has 0 unspecified atom stereocenters. The monoisotopic (exact) mass is 243 g/mol. The standard InChI is InChI=1S/C10H9N7O/c11-8-4-13-7(3-14-8)6-17-10(18)16-2-1-12-5-9(16)15-17/h1-5H,6H2,(H2,11,14). The van der Waals surface area contributed by atoms with E-state index < -0.39 is 0 Å². The zero-order chi connectivity index (χ0) is 12.5. The molecule has 8 nitrogen and oxygen atoms in total. The van der Waals surface area contributed by atoms with Crippen LogP contribution in [-0.4, -0.2) is 29.1 Å². The maximum absolute atomic E-state index is 12.0. The van der Waals surface area contributed by atoms with Gasteiger partial charge in [-0.25, -0.2) is 18.9 Å². The van der Waals surface area contributed by atoms with Crippen molar-refractivity contribution in [2.24, 2.45) is 0 Å². The Bertz CT molecular complexity index is 743. The molecule has 0 bridgehead atoms. The Kier molecular flexibility index (Phi) is 2.26. The Balaban J connectivity index is 2.02. The molecule has 0 fully saturated rings. The fourth-order valence-corrected chi connectivity index (χ4v) is 1.58. The molecule has 0 aliphatic carbocycles. The first-order valence-corrected chi connectivity index (χ1v) is 5.19. The van der Waals surface area contributed by atoms with Crippen LogP contribution in [0.2, 0.25) is 0 Å². The van der Waals surface area contributed by atoms with Crippen molar-refractivity contribution < 1.29 is 0 Å². The lowest BCUT2D eigenvalue weighted by atomic mass is 10.4. The van der Waals surface area contributed by atoms with Gasteiger partial charge in [-0.15, -0.1) is 5.10 Å². The van der Waals surface area contributed by atoms with E-state index in [9.17, 15) is 4.79 Å². The molecule has 0 atom stereocenters. The number of hydrogen-bond acceptors (Lipinski definition) is 6. The topological polar surface area (TPSA) is 104 Å². The summed E-state index contributed by atoms with van der Waals surface area (Å²) < 4.78 is 2.72. The Morgan fingerprint density at radius 3 is 2.83 bits per heavy atom. The molecule has 2 N–H and O–H groups in total. The highest BCUT2D eigenvalue weighted by Gasteiger charge is 2.07. The van der Waals surface area contributed by atoms with Crippen molar-refractivity contribution in [1.29, 1.82) is 0 Å². The Hall–Kier alpha value is -2.77. The van der Waals surface area contributed by atoms with Crippen molar-refractivity contribution in [2.45, 2.75) is 6.54 Å². The molecule has 3 rings (SSSR count). The largest absolute Gasteiger partial charge is 0.382 e. The summed E-state index contributed by atoms with van der Waals surface area (Å²) >= 11 is 0. The molecule has 0 aliphatic rings. The van der Waals surface area contributed by atoms with Crippen LogP contribution in [0.1, 0.15) is 5.69 Å². The second kappa shape index (κ2) is 3.91. The summed E-state index contributed by atoms with van der Waals surface area (Å²) in [5.74, 6) is 0.338. The summed E-state index contributed by atoms with van der Waals surface area (Å²) in [5, 5.41) is 4.14. The van der Waals surface area contributed by atoms with Gasteiger partial charge in [-0.1, -0.05) is 0 Å². The number of nitrogens with two attached hydrogens (primary N) is 1. The van der Waals surface area contributed by atoms with Crippen LogP contribution in [0.15, 0.2) is 35.8 Å². The molecule has 18 heavy (non-hydrogen) atoms. The predicted molar refractivity (Wildman–Crippen MR) is 62.8 cm³/mol. The minimum Gasteiger partial charge on any atom is -0.382 e. The van der Waals surface area contributed by atoms with Gasteiger partial charge < -0.3 is 5.73 Å². The summed E-state index contributed by atoms with van der Waals surface area (Å²) in [6.45, 7) is 0.244. The van der Waals surface area contributed by atoms with Crippen molar-refractivity contribution in [3.8, 4) is 0 Å². The lowest BCUT2D eigenvalue weighted by Crippen LogP contribution is -2.22. The second-order valence-electron chi connectivity index (χ2n) is 3.68. The van der Waals surface area contributed by atoms with Gasteiger partial charge in [0.2, 0.25) is 0 Å². The highest BCUT2D eigenvalue weighted by atomic mass is 16.2. The van der Waals surface area contributed by atoms with Crippen molar-refractivity contribution in [3.05, 3.63) is 47.2 Å². The Morgan fingerprint density at radius 2 is 2.11 bits per heavy atom. The number of nitrogen functional groups attached to an aromatic ring is 1. The van der Waals surface area contributed by atoms with E-state index >= 15 is 0 Å². The van der Waals surface area contributed by atoms with Crippen molar-refractivity contribution in [2.75, 3.05) is 5.73 Å². The first-order valence-electron chi connectivity index (χ1n) is 5.19. The first kappa shape index (κ1) is 10.4. The first-order chi connectivity index (χ1) is 8.74. The van der Waals surface area contributed by atoms with Gasteiger partial charge in [0.05, 0.1) is 30.8 Å². The van der Waals surface area contributed by atoms with Crippen LogP contribution in [0.25, 0.3) is 5.65 Å². The third-order valence-electron chi connectivity index (χ3n) is 2.43. The Labute approximate surface area is 101 Å². The van der Waals surface area contributed by atoms with Crippen LogP contribution in [-0.2, 0) is 6.54 Å². The number of hydrogen-bond donors (Lipinski definition) is 1. The molecule has 0 saturated heterocycles. The van der Waals surface area contributed by atoms with Crippen LogP contribution in [0.4, 0.5) is 5.82 Å². The van der Waals surface area contributed by atoms with E-state index in [0.29, 0.717) is 17.2 Å². The number of aromatic nitrogens is 6. The van der Waals surface area contributed by atoms with E-state index in [-0.39, 0.29) is 12.2 Å². The highest BCUT2D eigenvalue weighted by molar-refractivity contribution is 5.32. The molecule has 8 heteroatoms. The van der Waals surface area contributed by atoms with Crippen LogP contribution in [0.5, 0.6) is 0 Å². The lowest BCUT2D eigenvalue weighted by molar-refractivity contribution is 0.644. The highest BCUT2D eigenvalue weighted by Crippen LogP contribution is 1.99. The van der Waals surface area contributed by atoms with Crippen molar-refractivity contribution in [3.63, 3.8) is 0 Å². The SMILES string of the molecule is Nc1cnc(Cn2nc3cnccn3c2=O)cn1. The van der Waals surface area contributed by atoms with E-state index in [1.54, 1.807) is 6.20 Å². The summed E-state index contributed by atoms with van der Waals surface area (Å²) in [6, 6.07) is 0. The third-order valence-corrected chi connectivity index (χ3v) is 2.43. The maximum atomic E-state index is 12.0. The molecule has 0 amide bonds. The third kappa shape index (κ3) is 1.69. The molecule has 0 aliphatic heterocycles. The van der Waals surface area contributed by atoms with Gasteiger partial charge in [0.15, 0.2) is 5.65 Å². The van der Waals surface area contributed by atoms with E-state index in [0.717, 1.165) is 0 Å². The minimum absolute atomic E-state index is 0.244. The quantitative estimate of drug-likeness (QED) is 0.639. The van der Waals surface area contributed by atoms with Gasteiger partial charge in [0.1, 0.15) is 5.82 Å².